The van der Waals surface area contributed by atoms with Gasteiger partial charge in [-0.25, -0.2) is 8.42 Å². The number of sulfone groups is 1. The second kappa shape index (κ2) is 6.02. The van der Waals surface area contributed by atoms with E-state index in [-0.39, 0.29) is 11.0 Å². The molecule has 0 aliphatic carbocycles. The molecule has 0 saturated heterocycles. The third kappa shape index (κ3) is 4.75. The summed E-state index contributed by atoms with van der Waals surface area (Å²) in [5.41, 5.74) is 0. The average Bonchev–Trinajstić information content (AvgIpc) is 2.25. The summed E-state index contributed by atoms with van der Waals surface area (Å²) < 4.78 is 28.4. The number of hydrogen-bond donors (Lipinski definition) is 1. The summed E-state index contributed by atoms with van der Waals surface area (Å²) in [7, 11) is -3.17. The van der Waals surface area contributed by atoms with Crippen molar-refractivity contribution in [2.45, 2.75) is 24.8 Å². The maximum atomic E-state index is 11.4. The van der Waals surface area contributed by atoms with E-state index in [9.17, 15) is 8.42 Å². The van der Waals surface area contributed by atoms with Gasteiger partial charge < -0.3 is 10.1 Å². The van der Waals surface area contributed by atoms with E-state index in [4.69, 9.17) is 4.74 Å². The number of likely N-dealkylation sites (N-methyl/N-ethyl adjacent to an activating group) is 1. The van der Waals surface area contributed by atoms with Crippen LogP contribution in [0.3, 0.4) is 0 Å². The lowest BCUT2D eigenvalue weighted by Gasteiger charge is -2.15. The Morgan fingerprint density at radius 2 is 2.12 bits per heavy atom. The van der Waals surface area contributed by atoms with Gasteiger partial charge in [0.15, 0.2) is 9.84 Å². The first-order valence-corrected chi connectivity index (χ1v) is 7.50. The molecule has 0 bridgehead atoms. The zero-order chi connectivity index (χ0) is 12.9. The lowest BCUT2D eigenvalue weighted by Crippen LogP contribution is -2.28. The van der Waals surface area contributed by atoms with Crippen molar-refractivity contribution in [3.8, 4) is 5.75 Å². The minimum Gasteiger partial charge on any atom is -0.489 e. The second-order valence-electron chi connectivity index (χ2n) is 3.98. The van der Waals surface area contributed by atoms with E-state index in [0.29, 0.717) is 5.75 Å². The van der Waals surface area contributed by atoms with Crippen LogP contribution in [0.25, 0.3) is 0 Å². The smallest absolute Gasteiger partial charge is 0.175 e. The Bertz CT molecular complexity index is 457. The van der Waals surface area contributed by atoms with Crippen LogP contribution in [0.4, 0.5) is 0 Å². The molecule has 0 fully saturated rings. The van der Waals surface area contributed by atoms with E-state index in [0.717, 1.165) is 13.1 Å². The summed E-state index contributed by atoms with van der Waals surface area (Å²) in [6.45, 7) is 5.59. The molecular formula is C12H19NO3S. The molecule has 96 valence electrons. The van der Waals surface area contributed by atoms with Crippen LogP contribution in [-0.2, 0) is 9.84 Å². The highest BCUT2D eigenvalue weighted by Gasteiger charge is 2.09. The topological polar surface area (TPSA) is 55.4 Å². The molecule has 1 N–H and O–H groups in total. The third-order valence-electron chi connectivity index (χ3n) is 2.25. The highest BCUT2D eigenvalue weighted by Crippen LogP contribution is 2.18. The fraction of sp³-hybridized carbons (Fsp3) is 0.500. The number of hydrogen-bond acceptors (Lipinski definition) is 4. The van der Waals surface area contributed by atoms with E-state index in [2.05, 4.69) is 5.32 Å². The zero-order valence-electron chi connectivity index (χ0n) is 10.4. The molecule has 5 heteroatoms. The van der Waals surface area contributed by atoms with Crippen molar-refractivity contribution in [1.29, 1.82) is 0 Å². The van der Waals surface area contributed by atoms with E-state index < -0.39 is 9.84 Å². The van der Waals surface area contributed by atoms with Gasteiger partial charge in [0, 0.05) is 12.8 Å². The zero-order valence-corrected chi connectivity index (χ0v) is 11.3. The van der Waals surface area contributed by atoms with Crippen molar-refractivity contribution in [3.63, 3.8) is 0 Å². The van der Waals surface area contributed by atoms with E-state index >= 15 is 0 Å². The first-order valence-electron chi connectivity index (χ1n) is 5.61. The first kappa shape index (κ1) is 14.0. The fourth-order valence-electron chi connectivity index (χ4n) is 1.40. The summed E-state index contributed by atoms with van der Waals surface area (Å²) in [4.78, 5) is 0.283. The largest absolute Gasteiger partial charge is 0.489 e. The third-order valence-corrected chi connectivity index (χ3v) is 3.36. The second-order valence-corrected chi connectivity index (χ2v) is 6.00. The van der Waals surface area contributed by atoms with Gasteiger partial charge in [-0.1, -0.05) is 13.0 Å². The van der Waals surface area contributed by atoms with Crippen LogP contribution in [0.2, 0.25) is 0 Å². The molecule has 0 heterocycles. The Balaban J connectivity index is 2.73. The van der Waals surface area contributed by atoms with Crippen molar-refractivity contribution in [2.75, 3.05) is 19.3 Å². The van der Waals surface area contributed by atoms with Crippen molar-refractivity contribution in [2.24, 2.45) is 0 Å². The van der Waals surface area contributed by atoms with Crippen molar-refractivity contribution >= 4 is 9.84 Å². The molecule has 1 rings (SSSR count). The Morgan fingerprint density at radius 3 is 2.71 bits per heavy atom. The molecule has 0 aromatic heterocycles. The summed E-state index contributed by atoms with van der Waals surface area (Å²) in [5.74, 6) is 0.582. The van der Waals surface area contributed by atoms with Crippen LogP contribution in [0.15, 0.2) is 29.2 Å². The molecule has 0 aliphatic heterocycles. The highest BCUT2D eigenvalue weighted by molar-refractivity contribution is 7.90. The standard InChI is InChI=1S/C12H19NO3S/c1-4-13-9-10(2)16-11-6-5-7-12(8-11)17(3,14)15/h5-8,10,13H,4,9H2,1-3H3. The Morgan fingerprint density at radius 1 is 1.41 bits per heavy atom. The van der Waals surface area contributed by atoms with Gasteiger partial charge in [-0.05, 0) is 31.7 Å². The lowest BCUT2D eigenvalue weighted by atomic mass is 10.3. The predicted molar refractivity (Wildman–Crippen MR) is 68.2 cm³/mol. The fourth-order valence-corrected chi connectivity index (χ4v) is 2.06. The molecule has 1 aromatic carbocycles. The van der Waals surface area contributed by atoms with Gasteiger partial charge >= 0.3 is 0 Å². The SMILES string of the molecule is CCNCC(C)Oc1cccc(S(C)(=O)=O)c1. The minimum absolute atomic E-state index is 0.00441. The van der Waals surface area contributed by atoms with Crippen LogP contribution < -0.4 is 10.1 Å². The number of benzene rings is 1. The monoisotopic (exact) mass is 257 g/mol. The molecule has 0 amide bonds. The maximum absolute atomic E-state index is 11.4. The van der Waals surface area contributed by atoms with Crippen LogP contribution in [-0.4, -0.2) is 33.9 Å². The van der Waals surface area contributed by atoms with E-state index in [1.807, 2.05) is 13.8 Å². The molecule has 0 radical (unpaired) electrons. The summed E-state index contributed by atoms with van der Waals surface area (Å²) in [6.07, 6.45) is 1.19. The molecule has 0 aliphatic rings. The number of nitrogens with one attached hydrogen (secondary N) is 1. The predicted octanol–water partition coefficient (Wildman–Crippen LogP) is 1.47. The molecule has 0 spiro atoms. The van der Waals surface area contributed by atoms with Gasteiger partial charge in [0.1, 0.15) is 11.9 Å². The van der Waals surface area contributed by atoms with Crippen molar-refractivity contribution in [3.05, 3.63) is 24.3 Å². The normalized spacial score (nSPS) is 13.4. The van der Waals surface area contributed by atoms with Crippen molar-refractivity contribution in [1.82, 2.24) is 5.32 Å². The van der Waals surface area contributed by atoms with E-state index in [1.165, 1.54) is 6.26 Å². The number of ether oxygens (including phenoxy) is 1. The molecule has 17 heavy (non-hydrogen) atoms. The highest BCUT2D eigenvalue weighted by atomic mass is 32.2. The van der Waals surface area contributed by atoms with Gasteiger partial charge in [0.05, 0.1) is 4.90 Å². The molecule has 0 saturated carbocycles. The van der Waals surface area contributed by atoms with Crippen LogP contribution in [0.5, 0.6) is 5.75 Å². The summed E-state index contributed by atoms with van der Waals surface area (Å²) in [5, 5.41) is 3.17. The lowest BCUT2D eigenvalue weighted by molar-refractivity contribution is 0.217. The van der Waals surface area contributed by atoms with Crippen molar-refractivity contribution < 1.29 is 13.2 Å². The van der Waals surface area contributed by atoms with Gasteiger partial charge in [-0.3, -0.25) is 0 Å². The van der Waals surface area contributed by atoms with Gasteiger partial charge in [0.25, 0.3) is 0 Å². The molecular weight excluding hydrogens is 238 g/mol. The van der Waals surface area contributed by atoms with Crippen LogP contribution in [0, 0.1) is 0 Å². The molecule has 1 aromatic rings. The Labute approximate surface area is 103 Å². The van der Waals surface area contributed by atoms with Crippen LogP contribution in [0.1, 0.15) is 13.8 Å². The quantitative estimate of drug-likeness (QED) is 0.838. The van der Waals surface area contributed by atoms with E-state index in [1.54, 1.807) is 24.3 Å². The van der Waals surface area contributed by atoms with Crippen LogP contribution >= 0.6 is 0 Å². The molecule has 1 unspecified atom stereocenters. The van der Waals surface area contributed by atoms with Gasteiger partial charge in [-0.2, -0.15) is 0 Å². The minimum atomic E-state index is -3.17. The Hall–Kier alpha value is -1.07. The van der Waals surface area contributed by atoms with Gasteiger partial charge in [-0.15, -0.1) is 0 Å². The number of rotatable bonds is 6. The first-order chi connectivity index (χ1) is 7.93. The molecule has 4 nitrogen and oxygen atoms in total. The molecule has 1 atom stereocenters. The summed E-state index contributed by atoms with van der Waals surface area (Å²) in [6, 6.07) is 6.57. The average molecular weight is 257 g/mol. The Kier molecular flexibility index (Phi) is 4.96. The van der Waals surface area contributed by atoms with Gasteiger partial charge in [0.2, 0.25) is 0 Å². The maximum Gasteiger partial charge on any atom is 0.175 e. The summed E-state index contributed by atoms with van der Waals surface area (Å²) >= 11 is 0.